The minimum atomic E-state index is 0.809. The van der Waals surface area contributed by atoms with E-state index in [9.17, 15) is 4.79 Å². The standard InChI is InChI=1S/C4H7N2O/c7-4-6-3-1-2-5-6/h5H,1-3H2. The lowest BCUT2D eigenvalue weighted by atomic mass is 10.5. The van der Waals surface area contributed by atoms with Gasteiger partial charge in [-0.15, -0.1) is 0 Å². The molecule has 0 aliphatic carbocycles. The van der Waals surface area contributed by atoms with Crippen LogP contribution >= 0.6 is 0 Å². The van der Waals surface area contributed by atoms with Crippen molar-refractivity contribution in [2.24, 2.45) is 0 Å². The molecule has 1 aliphatic heterocycles. The number of carbonyl (C=O) groups excluding carboxylic acids is 1. The van der Waals surface area contributed by atoms with Gasteiger partial charge in [-0.25, -0.2) is 5.43 Å². The molecule has 3 heteroatoms. The van der Waals surface area contributed by atoms with Crippen LogP contribution in [0, 0.1) is 0 Å². The van der Waals surface area contributed by atoms with E-state index in [2.05, 4.69) is 5.43 Å². The summed E-state index contributed by atoms with van der Waals surface area (Å²) in [6.45, 7) is 1.72. The van der Waals surface area contributed by atoms with Crippen LogP contribution in [0.1, 0.15) is 6.42 Å². The Balaban J connectivity index is 2.26. The van der Waals surface area contributed by atoms with Crippen molar-refractivity contribution in [3.63, 3.8) is 0 Å². The fourth-order valence-electron chi connectivity index (χ4n) is 0.608. The molecule has 3 nitrogen and oxygen atoms in total. The Labute approximate surface area is 42.3 Å². The number of amides is 1. The van der Waals surface area contributed by atoms with E-state index in [1.165, 1.54) is 5.01 Å². The zero-order valence-electron chi connectivity index (χ0n) is 3.98. The number of nitrogens with one attached hydrogen (secondary N) is 1. The average Bonchev–Trinajstić information content (AvgIpc) is 2.14. The van der Waals surface area contributed by atoms with Crippen molar-refractivity contribution < 1.29 is 4.79 Å². The summed E-state index contributed by atoms with van der Waals surface area (Å²) in [7, 11) is 0. The van der Waals surface area contributed by atoms with Gasteiger partial charge < -0.3 is 0 Å². The van der Waals surface area contributed by atoms with Gasteiger partial charge in [0.1, 0.15) is 0 Å². The highest BCUT2D eigenvalue weighted by Gasteiger charge is 2.06. The van der Waals surface area contributed by atoms with Crippen LogP contribution in [0.4, 0.5) is 0 Å². The van der Waals surface area contributed by atoms with Crippen LogP contribution in [-0.2, 0) is 4.79 Å². The topological polar surface area (TPSA) is 32.3 Å². The van der Waals surface area contributed by atoms with Crippen LogP contribution in [-0.4, -0.2) is 24.5 Å². The molecular weight excluding hydrogens is 92.1 g/mol. The second-order valence-electron chi connectivity index (χ2n) is 1.50. The highest BCUT2D eigenvalue weighted by Crippen LogP contribution is 1.89. The van der Waals surface area contributed by atoms with Gasteiger partial charge in [-0.05, 0) is 6.42 Å². The second kappa shape index (κ2) is 1.93. The van der Waals surface area contributed by atoms with Crippen molar-refractivity contribution >= 4 is 6.41 Å². The van der Waals surface area contributed by atoms with Crippen LogP contribution in [0.2, 0.25) is 0 Å². The Morgan fingerprint density at radius 2 is 2.57 bits per heavy atom. The fourth-order valence-corrected chi connectivity index (χ4v) is 0.608. The van der Waals surface area contributed by atoms with Gasteiger partial charge in [-0.1, -0.05) is 0 Å². The summed E-state index contributed by atoms with van der Waals surface area (Å²) in [6, 6.07) is 0. The van der Waals surface area contributed by atoms with E-state index in [4.69, 9.17) is 0 Å². The van der Waals surface area contributed by atoms with Gasteiger partial charge in [-0.2, -0.15) is 0 Å². The van der Waals surface area contributed by atoms with Crippen molar-refractivity contribution in [2.75, 3.05) is 13.1 Å². The maximum atomic E-state index is 9.75. The summed E-state index contributed by atoms with van der Waals surface area (Å²) in [5.74, 6) is 0. The smallest absolute Gasteiger partial charge is 0.270 e. The van der Waals surface area contributed by atoms with E-state index in [1.54, 1.807) is 6.41 Å². The predicted octanol–water partition coefficient (Wildman–Crippen LogP) is -0.736. The molecule has 0 bridgehead atoms. The highest BCUT2D eigenvalue weighted by molar-refractivity contribution is 5.47. The molecule has 1 amide bonds. The van der Waals surface area contributed by atoms with Crippen molar-refractivity contribution in [3.8, 4) is 0 Å². The molecule has 1 radical (unpaired) electrons. The summed E-state index contributed by atoms with van der Waals surface area (Å²) in [6.07, 6.45) is 2.79. The molecular formula is C4H7N2O. The van der Waals surface area contributed by atoms with E-state index < -0.39 is 0 Å². The van der Waals surface area contributed by atoms with Crippen molar-refractivity contribution in [3.05, 3.63) is 0 Å². The normalized spacial score (nSPS) is 20.3. The number of hydrogen-bond donors (Lipinski definition) is 1. The number of nitrogens with zero attached hydrogens (tertiary/aromatic N) is 1. The third-order valence-electron chi connectivity index (χ3n) is 0.971. The van der Waals surface area contributed by atoms with Crippen LogP contribution in [0.5, 0.6) is 0 Å². The summed E-state index contributed by atoms with van der Waals surface area (Å²) >= 11 is 0. The monoisotopic (exact) mass is 99.1 g/mol. The maximum Gasteiger partial charge on any atom is 0.327 e. The van der Waals surface area contributed by atoms with Crippen LogP contribution in [0.3, 0.4) is 0 Å². The summed E-state index contributed by atoms with van der Waals surface area (Å²) < 4.78 is 0. The molecule has 1 saturated heterocycles. The minimum Gasteiger partial charge on any atom is -0.270 e. The predicted molar refractivity (Wildman–Crippen MR) is 25.0 cm³/mol. The molecule has 0 saturated carbocycles. The molecule has 39 valence electrons. The van der Waals surface area contributed by atoms with Crippen LogP contribution in [0.15, 0.2) is 0 Å². The second-order valence-corrected chi connectivity index (χ2v) is 1.50. The van der Waals surface area contributed by atoms with Gasteiger partial charge in [0.05, 0.1) is 0 Å². The first kappa shape index (κ1) is 4.59. The van der Waals surface area contributed by atoms with Gasteiger partial charge in [0.2, 0.25) is 0 Å². The quantitative estimate of drug-likeness (QED) is 0.469. The Morgan fingerprint density at radius 3 is 2.86 bits per heavy atom. The molecule has 1 rings (SSSR count). The summed E-state index contributed by atoms with van der Waals surface area (Å²) in [5.41, 5.74) is 2.82. The zero-order chi connectivity index (χ0) is 5.11. The summed E-state index contributed by atoms with van der Waals surface area (Å²) in [4.78, 5) is 9.75. The molecule has 0 aromatic carbocycles. The lowest BCUT2D eigenvalue weighted by Crippen LogP contribution is -2.28. The molecule has 1 aliphatic rings. The molecule has 7 heavy (non-hydrogen) atoms. The van der Waals surface area contributed by atoms with E-state index in [0.717, 1.165) is 19.5 Å². The molecule has 1 fully saturated rings. The molecule has 1 heterocycles. The Kier molecular flexibility index (Phi) is 1.26. The van der Waals surface area contributed by atoms with Crippen molar-refractivity contribution in [1.82, 2.24) is 10.4 Å². The van der Waals surface area contributed by atoms with E-state index >= 15 is 0 Å². The Bertz CT molecular complexity index is 68.1. The van der Waals surface area contributed by atoms with Gasteiger partial charge in [-0.3, -0.25) is 9.80 Å². The minimum absolute atomic E-state index is 0.809. The third-order valence-corrected chi connectivity index (χ3v) is 0.971. The molecule has 0 aromatic rings. The van der Waals surface area contributed by atoms with Gasteiger partial charge in [0.25, 0.3) is 0 Å². The van der Waals surface area contributed by atoms with E-state index in [0.29, 0.717) is 0 Å². The van der Waals surface area contributed by atoms with Gasteiger partial charge in [0.15, 0.2) is 0 Å². The Hall–Kier alpha value is -0.570. The maximum absolute atomic E-state index is 9.75. The SMILES string of the molecule is O=[C]N1CCCN1. The first-order valence-corrected chi connectivity index (χ1v) is 2.32. The van der Waals surface area contributed by atoms with Crippen LogP contribution < -0.4 is 5.43 Å². The van der Waals surface area contributed by atoms with E-state index in [1.807, 2.05) is 0 Å². The molecule has 0 spiro atoms. The molecule has 0 unspecified atom stereocenters. The zero-order valence-corrected chi connectivity index (χ0v) is 3.98. The van der Waals surface area contributed by atoms with Crippen molar-refractivity contribution in [2.45, 2.75) is 6.42 Å². The lowest BCUT2D eigenvalue weighted by molar-refractivity contribution is 0.366. The van der Waals surface area contributed by atoms with Gasteiger partial charge >= 0.3 is 6.41 Å². The van der Waals surface area contributed by atoms with Gasteiger partial charge in [0, 0.05) is 13.1 Å². The highest BCUT2D eigenvalue weighted by atomic mass is 16.1. The Morgan fingerprint density at radius 1 is 1.71 bits per heavy atom. The average molecular weight is 99.1 g/mol. The number of rotatable bonds is 1. The first-order chi connectivity index (χ1) is 3.43. The van der Waals surface area contributed by atoms with Crippen LogP contribution in [0.25, 0.3) is 0 Å². The van der Waals surface area contributed by atoms with Crippen molar-refractivity contribution in [1.29, 1.82) is 0 Å². The molecule has 0 aromatic heterocycles. The summed E-state index contributed by atoms with van der Waals surface area (Å²) in [5, 5.41) is 1.43. The number of hydrazine groups is 1. The lowest BCUT2D eigenvalue weighted by Gasteiger charge is -2.02. The fraction of sp³-hybridized carbons (Fsp3) is 0.750. The largest absolute Gasteiger partial charge is 0.327 e. The van der Waals surface area contributed by atoms with E-state index in [-0.39, 0.29) is 0 Å². The third kappa shape index (κ3) is 0.899. The first-order valence-electron chi connectivity index (χ1n) is 2.32. The number of hydrogen-bond acceptors (Lipinski definition) is 2. The molecule has 1 N–H and O–H groups in total. The molecule has 0 atom stereocenters.